The van der Waals surface area contributed by atoms with Crippen molar-refractivity contribution in [2.45, 2.75) is 50.6 Å². The molecule has 0 radical (unpaired) electrons. The number of benzene rings is 2. The van der Waals surface area contributed by atoms with Gasteiger partial charge in [-0.3, -0.25) is 10.1 Å². The molecule has 2 aromatic rings. The van der Waals surface area contributed by atoms with Gasteiger partial charge in [0.25, 0.3) is 0 Å². The molecule has 2 saturated carbocycles. The molecule has 31 heavy (non-hydrogen) atoms. The van der Waals surface area contributed by atoms with E-state index in [9.17, 15) is 9.59 Å². The number of hydrogen-bond donors (Lipinski definition) is 3. The SMILES string of the molecule is CC(NC(=O)C1(NCCOc2ccccc2)CC2(CCC2)C1)c1ccc(C(=O)O)cc1. The normalized spacial score (nSPS) is 19.0. The van der Waals surface area contributed by atoms with Crippen LogP contribution >= 0.6 is 0 Å². The lowest BCUT2D eigenvalue weighted by Crippen LogP contribution is -2.69. The number of amides is 1. The summed E-state index contributed by atoms with van der Waals surface area (Å²) in [6.07, 6.45) is 5.39. The molecule has 0 aliphatic heterocycles. The van der Waals surface area contributed by atoms with E-state index in [0.29, 0.717) is 18.6 Å². The second kappa shape index (κ2) is 8.71. The monoisotopic (exact) mass is 422 g/mol. The minimum atomic E-state index is -0.954. The van der Waals surface area contributed by atoms with Gasteiger partial charge in [-0.1, -0.05) is 36.8 Å². The van der Waals surface area contributed by atoms with E-state index in [0.717, 1.165) is 24.2 Å². The summed E-state index contributed by atoms with van der Waals surface area (Å²) >= 11 is 0. The van der Waals surface area contributed by atoms with Crippen molar-refractivity contribution in [1.82, 2.24) is 10.6 Å². The minimum Gasteiger partial charge on any atom is -0.492 e. The number of para-hydroxylation sites is 1. The van der Waals surface area contributed by atoms with Crippen molar-refractivity contribution >= 4 is 11.9 Å². The maximum atomic E-state index is 13.3. The Morgan fingerprint density at radius 2 is 1.74 bits per heavy atom. The Labute approximate surface area is 183 Å². The number of nitrogens with one attached hydrogen (secondary N) is 2. The highest BCUT2D eigenvalue weighted by Gasteiger charge is 2.60. The first-order valence-electron chi connectivity index (χ1n) is 11.0. The molecule has 1 amide bonds. The maximum Gasteiger partial charge on any atom is 0.335 e. The molecule has 2 aliphatic carbocycles. The van der Waals surface area contributed by atoms with Crippen LogP contribution in [0.15, 0.2) is 54.6 Å². The van der Waals surface area contributed by atoms with Crippen LogP contribution in [0.3, 0.4) is 0 Å². The van der Waals surface area contributed by atoms with Gasteiger partial charge in [0.1, 0.15) is 12.4 Å². The van der Waals surface area contributed by atoms with Gasteiger partial charge in [0.15, 0.2) is 0 Å². The lowest BCUT2D eigenvalue weighted by molar-refractivity contribution is -0.145. The first-order chi connectivity index (χ1) is 14.9. The van der Waals surface area contributed by atoms with Crippen molar-refractivity contribution in [1.29, 1.82) is 0 Å². The molecule has 6 nitrogen and oxygen atoms in total. The molecule has 6 heteroatoms. The average Bonchev–Trinajstić information content (AvgIpc) is 2.72. The van der Waals surface area contributed by atoms with Gasteiger partial charge in [-0.2, -0.15) is 0 Å². The third kappa shape index (κ3) is 4.59. The summed E-state index contributed by atoms with van der Waals surface area (Å²) in [5.41, 5.74) is 0.899. The minimum absolute atomic E-state index is 0.0135. The summed E-state index contributed by atoms with van der Waals surface area (Å²) in [6.45, 7) is 3.02. The van der Waals surface area contributed by atoms with Crippen molar-refractivity contribution in [2.75, 3.05) is 13.2 Å². The molecule has 0 aromatic heterocycles. The van der Waals surface area contributed by atoms with Gasteiger partial charge in [-0.05, 0) is 67.9 Å². The van der Waals surface area contributed by atoms with E-state index in [1.807, 2.05) is 37.3 Å². The first-order valence-corrected chi connectivity index (χ1v) is 11.0. The Morgan fingerprint density at radius 3 is 2.32 bits per heavy atom. The van der Waals surface area contributed by atoms with Gasteiger partial charge in [0.2, 0.25) is 5.91 Å². The van der Waals surface area contributed by atoms with Crippen molar-refractivity contribution in [3.05, 3.63) is 65.7 Å². The lowest BCUT2D eigenvalue weighted by atomic mass is 9.48. The molecule has 3 N–H and O–H groups in total. The number of hydrogen-bond acceptors (Lipinski definition) is 4. The van der Waals surface area contributed by atoms with Gasteiger partial charge in [-0.15, -0.1) is 0 Å². The molecule has 1 atom stereocenters. The molecule has 1 unspecified atom stereocenters. The molecule has 2 aromatic carbocycles. The van der Waals surface area contributed by atoms with E-state index in [2.05, 4.69) is 10.6 Å². The standard InChI is InChI=1S/C25H30N2O4/c1-18(19-8-10-20(11-9-19)22(28)29)27-23(30)25(16-24(17-25)12-5-13-24)26-14-15-31-21-6-3-2-4-7-21/h2-4,6-11,18,26H,5,12-17H2,1H3,(H,27,30)(H,28,29). The Kier molecular flexibility index (Phi) is 6.01. The fraction of sp³-hybridized carbons (Fsp3) is 0.440. The zero-order valence-corrected chi connectivity index (χ0v) is 17.9. The van der Waals surface area contributed by atoms with E-state index in [-0.39, 0.29) is 17.5 Å². The summed E-state index contributed by atoms with van der Waals surface area (Å²) in [7, 11) is 0. The first kappa shape index (κ1) is 21.4. The van der Waals surface area contributed by atoms with Gasteiger partial charge in [0, 0.05) is 6.54 Å². The van der Waals surface area contributed by atoms with Gasteiger partial charge >= 0.3 is 5.97 Å². The molecular weight excluding hydrogens is 392 g/mol. The fourth-order valence-corrected chi connectivity index (χ4v) is 4.93. The van der Waals surface area contributed by atoms with E-state index < -0.39 is 11.5 Å². The van der Waals surface area contributed by atoms with Crippen LogP contribution in [-0.4, -0.2) is 35.7 Å². The molecule has 164 valence electrons. The summed E-state index contributed by atoms with van der Waals surface area (Å²) in [5.74, 6) is -0.116. The fourth-order valence-electron chi connectivity index (χ4n) is 4.93. The molecule has 0 bridgehead atoms. The zero-order chi connectivity index (χ0) is 21.9. The van der Waals surface area contributed by atoms with Gasteiger partial charge in [0.05, 0.1) is 17.1 Å². The second-order valence-corrected chi connectivity index (χ2v) is 9.00. The van der Waals surface area contributed by atoms with Crippen LogP contribution in [0.5, 0.6) is 5.75 Å². The van der Waals surface area contributed by atoms with Crippen LogP contribution in [0.25, 0.3) is 0 Å². The summed E-state index contributed by atoms with van der Waals surface area (Å²) < 4.78 is 5.78. The number of rotatable bonds is 9. The predicted molar refractivity (Wildman–Crippen MR) is 118 cm³/mol. The molecule has 2 aliphatic rings. The number of carbonyl (C=O) groups is 2. The van der Waals surface area contributed by atoms with E-state index in [1.54, 1.807) is 24.3 Å². The highest BCUT2D eigenvalue weighted by molar-refractivity contribution is 5.89. The lowest BCUT2D eigenvalue weighted by Gasteiger charge is -2.60. The topological polar surface area (TPSA) is 87.7 Å². The van der Waals surface area contributed by atoms with Crippen molar-refractivity contribution in [2.24, 2.45) is 5.41 Å². The summed E-state index contributed by atoms with van der Waals surface area (Å²) in [4.78, 5) is 24.3. The highest BCUT2D eigenvalue weighted by Crippen LogP contribution is 2.60. The molecule has 0 heterocycles. The third-order valence-corrected chi connectivity index (χ3v) is 6.79. The number of carboxylic acids is 1. The smallest absolute Gasteiger partial charge is 0.335 e. The van der Waals surface area contributed by atoms with Crippen LogP contribution < -0.4 is 15.4 Å². The highest BCUT2D eigenvalue weighted by atomic mass is 16.5. The largest absolute Gasteiger partial charge is 0.492 e. The predicted octanol–water partition coefficient (Wildman–Crippen LogP) is 3.93. The average molecular weight is 423 g/mol. The zero-order valence-electron chi connectivity index (χ0n) is 17.9. The number of ether oxygens (including phenoxy) is 1. The van der Waals surface area contributed by atoms with Crippen molar-refractivity contribution < 1.29 is 19.4 Å². The van der Waals surface area contributed by atoms with Crippen LogP contribution in [0.2, 0.25) is 0 Å². The molecular formula is C25H30N2O4. The molecule has 0 saturated heterocycles. The third-order valence-electron chi connectivity index (χ3n) is 6.79. The summed E-state index contributed by atoms with van der Waals surface area (Å²) in [5, 5.41) is 15.7. The Bertz CT molecular complexity index is 914. The Balaban J connectivity index is 1.36. The van der Waals surface area contributed by atoms with Crippen molar-refractivity contribution in [3.63, 3.8) is 0 Å². The van der Waals surface area contributed by atoms with Crippen LogP contribution in [0.1, 0.15) is 61.0 Å². The number of carbonyl (C=O) groups excluding carboxylic acids is 1. The van der Waals surface area contributed by atoms with E-state index in [1.165, 1.54) is 19.3 Å². The molecule has 2 fully saturated rings. The summed E-state index contributed by atoms with van der Waals surface area (Å²) in [6, 6.07) is 16.1. The molecule has 1 spiro atoms. The van der Waals surface area contributed by atoms with Crippen molar-refractivity contribution in [3.8, 4) is 5.75 Å². The van der Waals surface area contributed by atoms with Crippen LogP contribution in [0, 0.1) is 5.41 Å². The second-order valence-electron chi connectivity index (χ2n) is 9.00. The van der Waals surface area contributed by atoms with Crippen LogP contribution in [-0.2, 0) is 4.79 Å². The Morgan fingerprint density at radius 1 is 1.06 bits per heavy atom. The van der Waals surface area contributed by atoms with E-state index in [4.69, 9.17) is 9.84 Å². The van der Waals surface area contributed by atoms with Crippen LogP contribution in [0.4, 0.5) is 0 Å². The quantitative estimate of drug-likeness (QED) is 0.533. The van der Waals surface area contributed by atoms with Gasteiger partial charge < -0.3 is 15.2 Å². The van der Waals surface area contributed by atoms with E-state index >= 15 is 0 Å². The number of carboxylic acid groups (broad SMARTS) is 1. The number of aromatic carboxylic acids is 1. The Hall–Kier alpha value is -2.86. The maximum absolute atomic E-state index is 13.3. The van der Waals surface area contributed by atoms with Gasteiger partial charge in [-0.25, -0.2) is 4.79 Å². The molecule has 4 rings (SSSR count).